The predicted molar refractivity (Wildman–Crippen MR) is 181 cm³/mol. The van der Waals surface area contributed by atoms with Gasteiger partial charge in [0.2, 0.25) is 0 Å². The Morgan fingerprint density at radius 2 is 1.02 bits per heavy atom. The summed E-state index contributed by atoms with van der Waals surface area (Å²) in [7, 11) is 5.41. The maximum absolute atomic E-state index is 3.38. The first-order valence-electron chi connectivity index (χ1n) is 13.7. The van der Waals surface area contributed by atoms with Crippen molar-refractivity contribution in [1.29, 1.82) is 0 Å². The Balaban J connectivity index is 0.000000198. The fourth-order valence-electron chi connectivity index (χ4n) is 6.35. The molecule has 6 aromatic rings. The van der Waals surface area contributed by atoms with Crippen LogP contribution in [-0.4, -0.2) is 18.7 Å². The Labute approximate surface area is 284 Å². The number of aryl methyl sites for hydroxylation is 4. The van der Waals surface area contributed by atoms with Gasteiger partial charge in [-0.1, -0.05) is 36.4 Å². The van der Waals surface area contributed by atoms with E-state index in [9.17, 15) is 0 Å². The molecule has 0 aliphatic heterocycles. The average Bonchev–Trinajstić information content (AvgIpc) is 3.64. The molecule has 0 N–H and O–H groups in total. The van der Waals surface area contributed by atoms with Crippen LogP contribution in [0.2, 0.25) is 13.1 Å². The van der Waals surface area contributed by atoms with E-state index in [2.05, 4.69) is 123 Å². The van der Waals surface area contributed by atoms with Gasteiger partial charge in [-0.25, -0.2) is 0 Å². The molecule has 212 valence electrons. The summed E-state index contributed by atoms with van der Waals surface area (Å²) in [6.07, 6.45) is 2.04. The van der Waals surface area contributed by atoms with Gasteiger partial charge in [0.1, 0.15) is 0 Å². The van der Waals surface area contributed by atoms with E-state index in [1.165, 1.54) is 77.7 Å². The van der Waals surface area contributed by atoms with Crippen LogP contribution in [0, 0.1) is 26.0 Å². The van der Waals surface area contributed by atoms with Crippen molar-refractivity contribution in [3.8, 4) is 22.5 Å². The summed E-state index contributed by atoms with van der Waals surface area (Å²) in [5, 5.41) is 2.80. The van der Waals surface area contributed by atoms with Crippen LogP contribution in [0.1, 0.15) is 33.4 Å². The topological polar surface area (TPSA) is 9.86 Å². The SMILES string of the molecule is C[Si]C.Cc1ccc2c(c1)c1c(n2C)-c2ccc[c-]c2C1.Cc1ccc2c(c1)c1c(n2C)-c2ccc[c-]c2C1.Cl.Cl.[Zr+2]. The fraction of sp³-hybridized carbons (Fsp3) is 0.222. The summed E-state index contributed by atoms with van der Waals surface area (Å²) in [6, 6.07) is 32.8. The minimum atomic E-state index is 0. The fourth-order valence-corrected chi connectivity index (χ4v) is 6.35. The van der Waals surface area contributed by atoms with Gasteiger partial charge in [0.25, 0.3) is 0 Å². The van der Waals surface area contributed by atoms with Gasteiger partial charge in [-0.15, -0.1) is 47.1 Å². The second-order valence-corrected chi connectivity index (χ2v) is 11.8. The van der Waals surface area contributed by atoms with E-state index in [0.717, 1.165) is 22.4 Å². The van der Waals surface area contributed by atoms with Gasteiger partial charge >= 0.3 is 26.2 Å². The van der Waals surface area contributed by atoms with E-state index in [-0.39, 0.29) is 51.0 Å². The molecule has 0 bridgehead atoms. The third-order valence-corrected chi connectivity index (χ3v) is 8.02. The summed E-state index contributed by atoms with van der Waals surface area (Å²) < 4.78 is 4.65. The van der Waals surface area contributed by atoms with Gasteiger partial charge in [0.05, 0.1) is 0 Å². The number of nitrogens with zero attached hydrogens (tertiary/aromatic N) is 2. The second-order valence-electron chi connectivity index (χ2n) is 10.8. The third-order valence-electron chi connectivity index (χ3n) is 8.02. The molecule has 2 aliphatic rings. The summed E-state index contributed by atoms with van der Waals surface area (Å²) >= 11 is 0. The van der Waals surface area contributed by atoms with Crippen molar-refractivity contribution in [3.63, 3.8) is 0 Å². The number of fused-ring (bicyclic) bond motifs is 10. The zero-order valence-electron chi connectivity index (χ0n) is 25.1. The number of halogens is 2. The van der Waals surface area contributed by atoms with E-state index in [4.69, 9.17) is 0 Å². The summed E-state index contributed by atoms with van der Waals surface area (Å²) in [5.74, 6) is 0. The maximum atomic E-state index is 3.38. The predicted octanol–water partition coefficient (Wildman–Crippen LogP) is 9.34. The monoisotopic (exact) mass is 684 g/mol. The first-order chi connectivity index (χ1) is 18.9. The van der Waals surface area contributed by atoms with Crippen LogP contribution in [0.3, 0.4) is 0 Å². The molecule has 4 aromatic carbocycles. The number of aromatic nitrogens is 2. The van der Waals surface area contributed by atoms with Crippen LogP contribution in [0.4, 0.5) is 0 Å². The molecule has 2 heterocycles. The van der Waals surface area contributed by atoms with Crippen molar-refractivity contribution in [2.75, 3.05) is 0 Å². The number of benzene rings is 4. The Morgan fingerprint density at radius 3 is 1.40 bits per heavy atom. The minimum Gasteiger partial charge on any atom is -0.354 e. The van der Waals surface area contributed by atoms with Crippen molar-refractivity contribution < 1.29 is 26.2 Å². The van der Waals surface area contributed by atoms with Gasteiger partial charge in [-0.2, -0.15) is 48.5 Å². The van der Waals surface area contributed by atoms with E-state index in [0.29, 0.717) is 0 Å². The Bertz CT molecular complexity index is 1730. The van der Waals surface area contributed by atoms with Crippen LogP contribution in [0.25, 0.3) is 44.3 Å². The van der Waals surface area contributed by atoms with Gasteiger partial charge in [0.15, 0.2) is 0 Å². The number of rotatable bonds is 0. The molecule has 0 saturated carbocycles. The Hall–Kier alpha value is -2.36. The zero-order chi connectivity index (χ0) is 27.3. The molecule has 0 atom stereocenters. The Morgan fingerprint density at radius 1 is 0.643 bits per heavy atom. The van der Waals surface area contributed by atoms with Crippen molar-refractivity contribution in [1.82, 2.24) is 9.13 Å². The van der Waals surface area contributed by atoms with E-state index in [1.807, 2.05) is 12.1 Å². The van der Waals surface area contributed by atoms with Crippen molar-refractivity contribution in [3.05, 3.63) is 118 Å². The molecule has 2 nitrogen and oxygen atoms in total. The molecule has 2 aromatic heterocycles. The van der Waals surface area contributed by atoms with Crippen LogP contribution < -0.4 is 0 Å². The van der Waals surface area contributed by atoms with Gasteiger partial charge in [0, 0.05) is 45.4 Å². The molecule has 0 amide bonds. The molecule has 2 radical (unpaired) electrons. The van der Waals surface area contributed by atoms with E-state index >= 15 is 0 Å². The smallest absolute Gasteiger partial charge is 0.354 e. The largest absolute Gasteiger partial charge is 2.00 e. The maximum Gasteiger partial charge on any atom is 2.00 e. The van der Waals surface area contributed by atoms with Crippen LogP contribution in [-0.2, 0) is 53.1 Å². The molecule has 0 saturated heterocycles. The average molecular weight is 687 g/mol. The number of hydrogen-bond acceptors (Lipinski definition) is 0. The molecular formula is C36H36Cl2N2SiZr. The molecule has 42 heavy (non-hydrogen) atoms. The van der Waals surface area contributed by atoms with E-state index in [1.54, 1.807) is 0 Å². The van der Waals surface area contributed by atoms with Gasteiger partial charge in [-0.05, 0) is 73.5 Å². The first kappa shape index (κ1) is 34.1. The van der Waals surface area contributed by atoms with Gasteiger partial charge < -0.3 is 9.13 Å². The molecule has 2 aliphatic carbocycles. The standard InChI is InChI=1S/2C17H14N.C2H6Si.2ClH.Zr/c2*1-11-7-8-16-14(9-11)15-10-12-5-3-4-6-13(12)17(15)18(16)2;1-3-2;;;/h2*3-4,6-9H,10H2,1-2H3;1-2H3;2*1H;/q2*-1;;;;+2. The van der Waals surface area contributed by atoms with Crippen molar-refractivity contribution in [2.24, 2.45) is 14.1 Å². The second kappa shape index (κ2) is 14.0. The van der Waals surface area contributed by atoms with Crippen LogP contribution in [0.5, 0.6) is 0 Å². The molecule has 0 unspecified atom stereocenters. The van der Waals surface area contributed by atoms with Gasteiger partial charge in [-0.3, -0.25) is 0 Å². The molecule has 0 spiro atoms. The quantitative estimate of drug-likeness (QED) is 0.111. The zero-order valence-corrected chi connectivity index (χ0v) is 30.1. The van der Waals surface area contributed by atoms with Crippen molar-refractivity contribution >= 4 is 56.1 Å². The summed E-state index contributed by atoms with van der Waals surface area (Å²) in [4.78, 5) is 0. The first-order valence-corrected chi connectivity index (χ1v) is 15.7. The molecular weight excluding hydrogens is 651 g/mol. The summed E-state index contributed by atoms with van der Waals surface area (Å²) in [5.41, 5.74) is 16.4. The van der Waals surface area contributed by atoms with Crippen LogP contribution in [0.15, 0.2) is 72.8 Å². The Kier molecular flexibility index (Phi) is 11.3. The number of hydrogen-bond donors (Lipinski definition) is 0. The molecule has 6 heteroatoms. The van der Waals surface area contributed by atoms with Crippen LogP contribution >= 0.6 is 24.8 Å². The third kappa shape index (κ3) is 5.76. The summed E-state index contributed by atoms with van der Waals surface area (Å²) in [6.45, 7) is 8.63. The minimum absolute atomic E-state index is 0. The molecule has 0 fully saturated rings. The van der Waals surface area contributed by atoms with E-state index < -0.39 is 0 Å². The van der Waals surface area contributed by atoms with Crippen molar-refractivity contribution in [2.45, 2.75) is 39.8 Å². The normalized spacial score (nSPS) is 11.4. The molecule has 8 rings (SSSR count).